The van der Waals surface area contributed by atoms with Crippen LogP contribution in [0.2, 0.25) is 0 Å². The van der Waals surface area contributed by atoms with Gasteiger partial charge in [-0.1, -0.05) is 36.4 Å². The maximum Gasteiger partial charge on any atom is 0.266 e. The molecule has 0 fully saturated rings. The van der Waals surface area contributed by atoms with Gasteiger partial charge in [-0.05, 0) is 23.8 Å². The lowest BCUT2D eigenvalue weighted by Crippen LogP contribution is -2.28. The zero-order valence-electron chi connectivity index (χ0n) is 13.3. The molecule has 0 saturated heterocycles. The Morgan fingerprint density at radius 1 is 1.12 bits per heavy atom. The summed E-state index contributed by atoms with van der Waals surface area (Å²) in [6.07, 6.45) is 0. The van der Waals surface area contributed by atoms with Crippen LogP contribution in [-0.4, -0.2) is 31.2 Å². The number of hydrogen-bond acceptors (Lipinski definition) is 4. The molecule has 2 rings (SSSR count). The number of benzene rings is 2. The molecule has 0 aliphatic rings. The average Bonchev–Trinajstić information content (AvgIpc) is 2.51. The van der Waals surface area contributed by atoms with Gasteiger partial charge in [-0.25, -0.2) is 0 Å². The summed E-state index contributed by atoms with van der Waals surface area (Å²) < 4.78 is 31.2. The molecule has 1 amide bonds. The molecule has 7 heteroatoms. The van der Waals surface area contributed by atoms with Crippen molar-refractivity contribution in [1.29, 1.82) is 0 Å². The summed E-state index contributed by atoms with van der Waals surface area (Å²) in [6.45, 7) is 2.05. The van der Waals surface area contributed by atoms with E-state index >= 15 is 0 Å². The first kappa shape index (κ1) is 18.0. The Bertz CT molecular complexity index is 791. The lowest BCUT2D eigenvalue weighted by atomic mass is 10.2. The molecule has 0 saturated carbocycles. The van der Waals surface area contributed by atoms with Crippen molar-refractivity contribution < 1.29 is 17.8 Å². The van der Waals surface area contributed by atoms with Gasteiger partial charge in [0.25, 0.3) is 10.1 Å². The molecule has 128 valence electrons. The number of carbonyl (C=O) groups is 1. The molecule has 0 atom stereocenters. The first-order chi connectivity index (χ1) is 11.3. The maximum atomic E-state index is 11.2. The number of nitrogens with zero attached hydrogens (tertiary/aromatic N) is 1. The summed E-state index contributed by atoms with van der Waals surface area (Å²) in [5.41, 5.74) is 2.40. The minimum atomic E-state index is -4.06. The largest absolute Gasteiger partial charge is 0.366 e. The van der Waals surface area contributed by atoms with Crippen molar-refractivity contribution in [3.05, 3.63) is 60.2 Å². The fraction of sp³-hybridized carbons (Fsp3) is 0.235. The van der Waals surface area contributed by atoms with Gasteiger partial charge < -0.3 is 10.2 Å². The highest BCUT2D eigenvalue weighted by Crippen LogP contribution is 2.21. The predicted molar refractivity (Wildman–Crippen MR) is 94.7 cm³/mol. The first-order valence-corrected chi connectivity index (χ1v) is 9.06. The molecule has 24 heavy (non-hydrogen) atoms. The van der Waals surface area contributed by atoms with Crippen molar-refractivity contribution in [2.24, 2.45) is 0 Å². The van der Waals surface area contributed by atoms with Gasteiger partial charge in [0.1, 0.15) is 0 Å². The first-order valence-electron chi connectivity index (χ1n) is 7.45. The Balaban J connectivity index is 2.25. The minimum absolute atomic E-state index is 0.136. The van der Waals surface area contributed by atoms with E-state index in [-0.39, 0.29) is 18.2 Å². The van der Waals surface area contributed by atoms with E-state index in [4.69, 9.17) is 4.55 Å². The average molecular weight is 348 g/mol. The Hall–Kier alpha value is -2.38. The van der Waals surface area contributed by atoms with E-state index in [0.717, 1.165) is 11.3 Å². The van der Waals surface area contributed by atoms with Gasteiger partial charge in [-0.15, -0.1) is 0 Å². The molecular formula is C17H20N2O4S. The van der Waals surface area contributed by atoms with Gasteiger partial charge >= 0.3 is 0 Å². The van der Waals surface area contributed by atoms with Crippen LogP contribution < -0.4 is 10.2 Å². The van der Waals surface area contributed by atoms with Crippen LogP contribution in [0.3, 0.4) is 0 Å². The number of carbonyl (C=O) groups excluding carboxylic acids is 1. The van der Waals surface area contributed by atoms with Crippen molar-refractivity contribution in [2.75, 3.05) is 22.5 Å². The van der Waals surface area contributed by atoms with E-state index < -0.39 is 10.1 Å². The van der Waals surface area contributed by atoms with Crippen LogP contribution in [0.1, 0.15) is 12.5 Å². The lowest BCUT2D eigenvalue weighted by Gasteiger charge is -2.25. The number of nitrogens with one attached hydrogen (secondary N) is 1. The van der Waals surface area contributed by atoms with E-state index in [1.54, 1.807) is 18.2 Å². The Morgan fingerprint density at radius 2 is 1.83 bits per heavy atom. The topological polar surface area (TPSA) is 86.7 Å². The van der Waals surface area contributed by atoms with Crippen molar-refractivity contribution in [3.8, 4) is 0 Å². The Labute approximate surface area is 141 Å². The number of anilines is 2. The van der Waals surface area contributed by atoms with E-state index in [0.29, 0.717) is 12.2 Å². The second-order valence-electron chi connectivity index (χ2n) is 5.42. The molecular weight excluding hydrogens is 328 g/mol. The zero-order chi connectivity index (χ0) is 17.6. The van der Waals surface area contributed by atoms with Crippen LogP contribution in [0.25, 0.3) is 0 Å². The van der Waals surface area contributed by atoms with Gasteiger partial charge in [-0.2, -0.15) is 8.42 Å². The van der Waals surface area contributed by atoms with Crippen LogP contribution in [0.4, 0.5) is 11.4 Å². The van der Waals surface area contributed by atoms with Crippen molar-refractivity contribution in [2.45, 2.75) is 13.5 Å². The summed E-state index contributed by atoms with van der Waals surface area (Å²) in [7, 11) is -4.06. The molecule has 0 spiro atoms. The third kappa shape index (κ3) is 6.02. The van der Waals surface area contributed by atoms with E-state index in [1.165, 1.54) is 6.92 Å². The normalized spacial score (nSPS) is 11.1. The van der Waals surface area contributed by atoms with Crippen molar-refractivity contribution >= 4 is 27.4 Å². The quantitative estimate of drug-likeness (QED) is 0.751. The van der Waals surface area contributed by atoms with E-state index in [9.17, 15) is 13.2 Å². The van der Waals surface area contributed by atoms with E-state index in [1.807, 2.05) is 41.3 Å². The highest BCUT2D eigenvalue weighted by atomic mass is 32.2. The van der Waals surface area contributed by atoms with Crippen LogP contribution >= 0.6 is 0 Å². The molecule has 0 heterocycles. The van der Waals surface area contributed by atoms with Crippen molar-refractivity contribution in [1.82, 2.24) is 0 Å². The molecule has 0 bridgehead atoms. The maximum absolute atomic E-state index is 11.2. The summed E-state index contributed by atoms with van der Waals surface area (Å²) >= 11 is 0. The van der Waals surface area contributed by atoms with Gasteiger partial charge in [0, 0.05) is 31.4 Å². The van der Waals surface area contributed by atoms with Crippen LogP contribution in [0, 0.1) is 0 Å². The van der Waals surface area contributed by atoms with Gasteiger partial charge in [0.05, 0.1) is 5.75 Å². The molecule has 6 nitrogen and oxygen atoms in total. The molecule has 0 aromatic heterocycles. The second-order valence-corrected chi connectivity index (χ2v) is 7.00. The standard InChI is InChI=1S/C17H20N2O4S/c1-14(20)18-16-8-5-9-17(12-16)19(10-11-24(21,22)23)13-15-6-3-2-4-7-15/h2-9,12H,10-11,13H2,1H3,(H,18,20)(H,21,22,23). The van der Waals surface area contributed by atoms with Gasteiger partial charge in [-0.3, -0.25) is 9.35 Å². The fourth-order valence-corrected chi connectivity index (χ4v) is 2.76. The Morgan fingerprint density at radius 3 is 2.46 bits per heavy atom. The summed E-state index contributed by atoms with van der Waals surface area (Å²) in [4.78, 5) is 13.0. The SMILES string of the molecule is CC(=O)Nc1cccc(N(CCS(=O)(=O)O)Cc2ccccc2)c1. The van der Waals surface area contributed by atoms with Crippen LogP contribution in [0.5, 0.6) is 0 Å². The van der Waals surface area contributed by atoms with Crippen molar-refractivity contribution in [3.63, 3.8) is 0 Å². The van der Waals surface area contributed by atoms with Crippen LogP contribution in [-0.2, 0) is 21.5 Å². The van der Waals surface area contributed by atoms with Crippen LogP contribution in [0.15, 0.2) is 54.6 Å². The Kier molecular flexibility index (Phi) is 5.94. The molecule has 2 aromatic carbocycles. The third-order valence-electron chi connectivity index (χ3n) is 3.37. The van der Waals surface area contributed by atoms with Gasteiger partial charge in [0.15, 0.2) is 0 Å². The molecule has 2 aromatic rings. The number of rotatable bonds is 7. The highest BCUT2D eigenvalue weighted by molar-refractivity contribution is 7.85. The summed E-state index contributed by atoms with van der Waals surface area (Å²) in [5, 5.41) is 2.70. The highest BCUT2D eigenvalue weighted by Gasteiger charge is 2.13. The minimum Gasteiger partial charge on any atom is -0.366 e. The lowest BCUT2D eigenvalue weighted by molar-refractivity contribution is -0.114. The third-order valence-corrected chi connectivity index (χ3v) is 4.07. The molecule has 0 radical (unpaired) electrons. The fourth-order valence-electron chi connectivity index (χ4n) is 2.31. The number of amides is 1. The molecule has 0 aliphatic heterocycles. The van der Waals surface area contributed by atoms with Gasteiger partial charge in [0.2, 0.25) is 5.91 Å². The molecule has 2 N–H and O–H groups in total. The monoisotopic (exact) mass is 348 g/mol. The summed E-state index contributed by atoms with van der Waals surface area (Å²) in [6, 6.07) is 16.8. The predicted octanol–water partition coefficient (Wildman–Crippen LogP) is 2.54. The number of hydrogen-bond donors (Lipinski definition) is 2. The van der Waals surface area contributed by atoms with E-state index in [2.05, 4.69) is 5.32 Å². The molecule has 0 unspecified atom stereocenters. The second kappa shape index (κ2) is 7.94. The smallest absolute Gasteiger partial charge is 0.266 e. The molecule has 0 aliphatic carbocycles. The zero-order valence-corrected chi connectivity index (χ0v) is 14.2. The summed E-state index contributed by atoms with van der Waals surface area (Å²) in [5.74, 6) is -0.552.